The molecule has 0 amide bonds. The number of aromatic nitrogens is 2. The fourth-order valence-electron chi connectivity index (χ4n) is 1.60. The molecular weight excluding hydrogens is 328 g/mol. The van der Waals surface area contributed by atoms with Crippen LogP contribution in [-0.4, -0.2) is 23.6 Å². The lowest BCUT2D eigenvalue weighted by Gasteiger charge is -2.13. The molecule has 2 rings (SSSR count). The van der Waals surface area contributed by atoms with Gasteiger partial charge in [-0.25, -0.2) is 9.97 Å². The van der Waals surface area contributed by atoms with E-state index in [-0.39, 0.29) is 0 Å². The first-order valence-electron chi connectivity index (χ1n) is 5.84. The van der Waals surface area contributed by atoms with Crippen LogP contribution in [0.4, 0.5) is 11.6 Å². The van der Waals surface area contributed by atoms with Crippen LogP contribution < -0.4 is 15.4 Å². The van der Waals surface area contributed by atoms with E-state index in [0.717, 1.165) is 11.0 Å². The monoisotopic (exact) mass is 342 g/mol. The summed E-state index contributed by atoms with van der Waals surface area (Å²) in [5, 5.41) is 8.46. The first kappa shape index (κ1) is 14.1. The second-order valence-corrected chi connectivity index (χ2v) is 5.53. The van der Waals surface area contributed by atoms with Gasteiger partial charge in [0, 0.05) is 15.9 Å². The molecule has 5 nitrogen and oxygen atoms in total. The van der Waals surface area contributed by atoms with Crippen molar-refractivity contribution in [2.45, 2.75) is 13.5 Å². The summed E-state index contributed by atoms with van der Waals surface area (Å²) in [4.78, 5) is 9.61. The summed E-state index contributed by atoms with van der Waals surface area (Å²) in [5.74, 6) is 2.03. The van der Waals surface area contributed by atoms with Gasteiger partial charge in [0.2, 0.25) is 5.75 Å². The Balaban J connectivity index is 2.15. The second-order valence-electron chi connectivity index (χ2n) is 3.68. The van der Waals surface area contributed by atoms with Crippen LogP contribution in [0.25, 0.3) is 0 Å². The van der Waals surface area contributed by atoms with Crippen LogP contribution in [0.2, 0.25) is 0 Å². The molecule has 102 valence electrons. The van der Waals surface area contributed by atoms with Crippen molar-refractivity contribution in [1.29, 1.82) is 0 Å². The summed E-state index contributed by atoms with van der Waals surface area (Å²) in [7, 11) is 1.62. The molecule has 0 fully saturated rings. The van der Waals surface area contributed by atoms with Crippen LogP contribution in [-0.2, 0) is 6.54 Å². The van der Waals surface area contributed by atoms with Gasteiger partial charge in [-0.2, -0.15) is 0 Å². The molecule has 0 saturated heterocycles. The van der Waals surface area contributed by atoms with Gasteiger partial charge in [0.15, 0.2) is 11.6 Å². The molecule has 0 atom stereocenters. The third-order valence-electron chi connectivity index (χ3n) is 2.46. The Morgan fingerprint density at radius 1 is 1.32 bits per heavy atom. The standard InChI is InChI=1S/C12H15BrN4OS/c1-3-14-11-10(18-2)12(17-7-16-11)15-6-9-8(13)4-5-19-9/h4-5,7H,3,6H2,1-2H3,(H2,14,15,16,17). The Hall–Kier alpha value is -1.34. The summed E-state index contributed by atoms with van der Waals surface area (Å²) in [6.45, 7) is 3.48. The minimum Gasteiger partial charge on any atom is -0.490 e. The van der Waals surface area contributed by atoms with Gasteiger partial charge in [-0.15, -0.1) is 11.3 Å². The van der Waals surface area contributed by atoms with Crippen LogP contribution >= 0.6 is 27.3 Å². The van der Waals surface area contributed by atoms with Crippen LogP contribution in [0.5, 0.6) is 5.75 Å². The second kappa shape index (κ2) is 6.72. The SMILES string of the molecule is CCNc1ncnc(NCc2sccc2Br)c1OC. The van der Waals surface area contributed by atoms with Crippen molar-refractivity contribution in [3.63, 3.8) is 0 Å². The van der Waals surface area contributed by atoms with E-state index in [1.807, 2.05) is 18.4 Å². The van der Waals surface area contributed by atoms with E-state index >= 15 is 0 Å². The highest BCUT2D eigenvalue weighted by atomic mass is 79.9. The average Bonchev–Trinajstić information content (AvgIpc) is 2.82. The highest BCUT2D eigenvalue weighted by Crippen LogP contribution is 2.30. The molecule has 19 heavy (non-hydrogen) atoms. The molecular formula is C12H15BrN4OS. The molecule has 2 heterocycles. The van der Waals surface area contributed by atoms with E-state index in [1.165, 1.54) is 11.2 Å². The number of anilines is 2. The van der Waals surface area contributed by atoms with Gasteiger partial charge in [-0.05, 0) is 34.3 Å². The average molecular weight is 343 g/mol. The molecule has 0 aliphatic rings. The maximum atomic E-state index is 5.37. The molecule has 7 heteroatoms. The Morgan fingerprint density at radius 2 is 2.05 bits per heavy atom. The zero-order valence-corrected chi connectivity index (χ0v) is 13.1. The first-order valence-corrected chi connectivity index (χ1v) is 7.52. The zero-order valence-electron chi connectivity index (χ0n) is 10.7. The first-order chi connectivity index (χ1) is 9.26. The Kier molecular flexibility index (Phi) is 4.98. The number of thiophene rings is 1. The molecule has 0 radical (unpaired) electrons. The highest BCUT2D eigenvalue weighted by molar-refractivity contribution is 9.10. The lowest BCUT2D eigenvalue weighted by atomic mass is 10.4. The molecule has 0 spiro atoms. The van der Waals surface area contributed by atoms with E-state index in [1.54, 1.807) is 18.4 Å². The smallest absolute Gasteiger partial charge is 0.204 e. The fourth-order valence-corrected chi connectivity index (χ4v) is 3.03. The number of hydrogen-bond acceptors (Lipinski definition) is 6. The number of nitrogens with one attached hydrogen (secondary N) is 2. The lowest BCUT2D eigenvalue weighted by Crippen LogP contribution is -2.07. The molecule has 2 N–H and O–H groups in total. The van der Waals surface area contributed by atoms with E-state index in [9.17, 15) is 0 Å². The van der Waals surface area contributed by atoms with Gasteiger partial charge in [-0.3, -0.25) is 0 Å². The van der Waals surface area contributed by atoms with Gasteiger partial charge in [0.1, 0.15) is 6.33 Å². The fraction of sp³-hybridized carbons (Fsp3) is 0.333. The van der Waals surface area contributed by atoms with Gasteiger partial charge >= 0.3 is 0 Å². The summed E-state index contributed by atoms with van der Waals surface area (Å²) in [6.07, 6.45) is 1.52. The molecule has 2 aromatic rings. The van der Waals surface area contributed by atoms with E-state index < -0.39 is 0 Å². The van der Waals surface area contributed by atoms with Crippen molar-refractivity contribution in [2.24, 2.45) is 0 Å². The minimum absolute atomic E-state index is 0.636. The number of methoxy groups -OCH3 is 1. The number of nitrogens with zero attached hydrogens (tertiary/aromatic N) is 2. The Morgan fingerprint density at radius 3 is 2.63 bits per heavy atom. The topological polar surface area (TPSA) is 59.1 Å². The molecule has 0 aliphatic heterocycles. The van der Waals surface area contributed by atoms with Gasteiger partial charge < -0.3 is 15.4 Å². The summed E-state index contributed by atoms with van der Waals surface area (Å²) < 4.78 is 6.47. The van der Waals surface area contributed by atoms with Crippen LogP contribution in [0, 0.1) is 0 Å². The predicted molar refractivity (Wildman–Crippen MR) is 82.1 cm³/mol. The van der Waals surface area contributed by atoms with E-state index in [4.69, 9.17) is 4.74 Å². The maximum Gasteiger partial charge on any atom is 0.204 e. The molecule has 0 saturated carbocycles. The summed E-state index contributed by atoms with van der Waals surface area (Å²) in [5.41, 5.74) is 0. The predicted octanol–water partition coefficient (Wildman–Crippen LogP) is 3.35. The number of ether oxygens (including phenoxy) is 1. The quantitative estimate of drug-likeness (QED) is 0.842. The summed E-state index contributed by atoms with van der Waals surface area (Å²) in [6, 6.07) is 2.03. The zero-order chi connectivity index (χ0) is 13.7. The number of halogens is 1. The molecule has 0 unspecified atom stereocenters. The van der Waals surface area contributed by atoms with Gasteiger partial charge in [0.25, 0.3) is 0 Å². The highest BCUT2D eigenvalue weighted by Gasteiger charge is 2.11. The molecule has 0 aliphatic carbocycles. The van der Waals surface area contributed by atoms with Crippen molar-refractivity contribution in [3.05, 3.63) is 27.1 Å². The summed E-state index contributed by atoms with van der Waals surface area (Å²) >= 11 is 5.20. The van der Waals surface area contributed by atoms with E-state index in [2.05, 4.69) is 36.5 Å². The van der Waals surface area contributed by atoms with Crippen molar-refractivity contribution >= 4 is 38.9 Å². The van der Waals surface area contributed by atoms with Crippen molar-refractivity contribution < 1.29 is 4.74 Å². The van der Waals surface area contributed by atoms with Crippen molar-refractivity contribution in [1.82, 2.24) is 9.97 Å². The van der Waals surface area contributed by atoms with E-state index in [0.29, 0.717) is 23.9 Å². The van der Waals surface area contributed by atoms with Crippen LogP contribution in [0.3, 0.4) is 0 Å². The normalized spacial score (nSPS) is 10.3. The lowest BCUT2D eigenvalue weighted by molar-refractivity contribution is 0.414. The Bertz CT molecular complexity index is 546. The maximum absolute atomic E-state index is 5.37. The van der Waals surface area contributed by atoms with Crippen molar-refractivity contribution in [2.75, 3.05) is 24.3 Å². The number of rotatable bonds is 6. The molecule has 0 aromatic carbocycles. The largest absolute Gasteiger partial charge is 0.490 e. The third kappa shape index (κ3) is 3.36. The van der Waals surface area contributed by atoms with Crippen molar-refractivity contribution in [3.8, 4) is 5.75 Å². The third-order valence-corrected chi connectivity index (χ3v) is 4.39. The van der Waals surface area contributed by atoms with Crippen LogP contribution in [0.1, 0.15) is 11.8 Å². The van der Waals surface area contributed by atoms with Gasteiger partial charge in [-0.1, -0.05) is 0 Å². The van der Waals surface area contributed by atoms with Gasteiger partial charge in [0.05, 0.1) is 13.7 Å². The number of hydrogen-bond donors (Lipinski definition) is 2. The minimum atomic E-state index is 0.636. The van der Waals surface area contributed by atoms with Crippen LogP contribution in [0.15, 0.2) is 22.2 Å². The molecule has 0 bridgehead atoms. The Labute approximate surface area is 124 Å². The molecule has 2 aromatic heterocycles.